The van der Waals surface area contributed by atoms with Gasteiger partial charge >= 0.3 is 0 Å². The van der Waals surface area contributed by atoms with Gasteiger partial charge in [0, 0.05) is 43.0 Å². The van der Waals surface area contributed by atoms with Crippen molar-refractivity contribution in [3.63, 3.8) is 0 Å². The van der Waals surface area contributed by atoms with Gasteiger partial charge in [-0.2, -0.15) is 0 Å². The van der Waals surface area contributed by atoms with Crippen molar-refractivity contribution >= 4 is 17.2 Å². The molecule has 0 spiro atoms. The number of hydrogen-bond acceptors (Lipinski definition) is 3. The number of nitrogens with one attached hydrogen (secondary N) is 1. The molecule has 0 unspecified atom stereocenters. The summed E-state index contributed by atoms with van der Waals surface area (Å²) < 4.78 is 0. The summed E-state index contributed by atoms with van der Waals surface area (Å²) in [6, 6.07) is 4.20. The summed E-state index contributed by atoms with van der Waals surface area (Å²) in [5, 5.41) is 3.32. The van der Waals surface area contributed by atoms with Crippen LogP contribution in [0.15, 0.2) is 12.1 Å². The zero-order valence-electron chi connectivity index (χ0n) is 10.8. The number of Topliss-reactive ketones (excluding diaryl/α,β-unsaturated/α-hetero) is 1. The Hall–Kier alpha value is -1.51. The first-order valence-electron chi connectivity index (χ1n) is 6.34. The maximum Gasteiger partial charge on any atom is 0.166 e. The molecule has 0 aliphatic carbocycles. The Bertz CT molecular complexity index is 436. The molecule has 1 heterocycles. The maximum absolute atomic E-state index is 11.9. The number of carbonyl (C=O) groups is 1. The van der Waals surface area contributed by atoms with E-state index >= 15 is 0 Å². The van der Waals surface area contributed by atoms with E-state index in [0.717, 1.165) is 42.1 Å². The van der Waals surface area contributed by atoms with Gasteiger partial charge in [0.25, 0.3) is 0 Å². The Labute approximate surface area is 103 Å². The molecule has 2 rings (SSSR count). The Morgan fingerprint density at radius 2 is 2.00 bits per heavy atom. The Kier molecular flexibility index (Phi) is 3.36. The fraction of sp³-hybridized carbons (Fsp3) is 0.500. The van der Waals surface area contributed by atoms with Gasteiger partial charge in [-0.05, 0) is 38.5 Å². The van der Waals surface area contributed by atoms with Crippen LogP contribution in [0.1, 0.15) is 36.2 Å². The van der Waals surface area contributed by atoms with Gasteiger partial charge in [0.05, 0.1) is 0 Å². The van der Waals surface area contributed by atoms with Crippen LogP contribution >= 0.6 is 0 Å². The van der Waals surface area contributed by atoms with Gasteiger partial charge in [-0.3, -0.25) is 4.79 Å². The normalized spacial score (nSPS) is 14.2. The molecule has 0 atom stereocenters. The van der Waals surface area contributed by atoms with E-state index in [4.69, 9.17) is 0 Å². The minimum Gasteiger partial charge on any atom is -0.384 e. The second kappa shape index (κ2) is 4.78. The van der Waals surface area contributed by atoms with E-state index in [0.29, 0.717) is 6.42 Å². The number of benzene rings is 1. The van der Waals surface area contributed by atoms with Gasteiger partial charge in [-0.15, -0.1) is 0 Å². The molecule has 0 fully saturated rings. The van der Waals surface area contributed by atoms with Gasteiger partial charge in [0.2, 0.25) is 0 Å². The van der Waals surface area contributed by atoms with E-state index in [2.05, 4.69) is 37.1 Å². The fourth-order valence-corrected chi connectivity index (χ4v) is 2.43. The SMILES string of the molecule is CCN(CC)c1cc(C)c2c(c1)C(=O)CCN2. The highest BCUT2D eigenvalue weighted by molar-refractivity contribution is 6.04. The molecule has 1 aromatic carbocycles. The Morgan fingerprint density at radius 1 is 1.29 bits per heavy atom. The lowest BCUT2D eigenvalue weighted by molar-refractivity contribution is 0.0983. The number of fused-ring (bicyclic) bond motifs is 1. The third-order valence-electron chi connectivity index (χ3n) is 3.40. The predicted molar refractivity (Wildman–Crippen MR) is 72.2 cm³/mol. The zero-order valence-corrected chi connectivity index (χ0v) is 10.8. The predicted octanol–water partition coefficient (Wildman–Crippen LogP) is 2.84. The molecule has 0 amide bonds. The molecule has 3 nitrogen and oxygen atoms in total. The van der Waals surface area contributed by atoms with Crippen LogP contribution in [-0.4, -0.2) is 25.4 Å². The van der Waals surface area contributed by atoms with E-state index in [9.17, 15) is 4.79 Å². The topological polar surface area (TPSA) is 32.3 Å². The second-order valence-corrected chi connectivity index (χ2v) is 4.46. The summed E-state index contributed by atoms with van der Waals surface area (Å²) in [6.45, 7) is 9.04. The van der Waals surface area contributed by atoms with Crippen LogP contribution in [0, 0.1) is 6.92 Å². The van der Waals surface area contributed by atoms with Crippen LogP contribution in [0.4, 0.5) is 11.4 Å². The smallest absolute Gasteiger partial charge is 0.166 e. The van der Waals surface area contributed by atoms with Crippen LogP contribution in [0.25, 0.3) is 0 Å². The molecule has 1 aliphatic rings. The molecule has 0 aromatic heterocycles. The Balaban J connectivity index is 2.48. The van der Waals surface area contributed by atoms with Crippen molar-refractivity contribution in [1.29, 1.82) is 0 Å². The molecule has 1 aromatic rings. The van der Waals surface area contributed by atoms with Gasteiger partial charge in [0.15, 0.2) is 5.78 Å². The first-order chi connectivity index (χ1) is 8.17. The molecule has 17 heavy (non-hydrogen) atoms. The van der Waals surface area contributed by atoms with E-state index in [-0.39, 0.29) is 5.78 Å². The van der Waals surface area contributed by atoms with E-state index in [1.807, 2.05) is 6.07 Å². The van der Waals surface area contributed by atoms with E-state index < -0.39 is 0 Å². The molecule has 0 radical (unpaired) electrons. The van der Waals surface area contributed by atoms with Crippen LogP contribution in [0.5, 0.6) is 0 Å². The molecule has 0 saturated heterocycles. The van der Waals surface area contributed by atoms with E-state index in [1.54, 1.807) is 0 Å². The molecular weight excluding hydrogens is 212 g/mol. The van der Waals surface area contributed by atoms with Crippen LogP contribution in [0.3, 0.4) is 0 Å². The first-order valence-corrected chi connectivity index (χ1v) is 6.34. The van der Waals surface area contributed by atoms with Crippen molar-refractivity contribution in [1.82, 2.24) is 0 Å². The second-order valence-electron chi connectivity index (χ2n) is 4.46. The monoisotopic (exact) mass is 232 g/mol. The lowest BCUT2D eigenvalue weighted by atomic mass is 9.97. The van der Waals surface area contributed by atoms with Gasteiger partial charge in [-0.25, -0.2) is 0 Å². The number of nitrogens with zero attached hydrogens (tertiary/aromatic N) is 1. The van der Waals surface area contributed by atoms with Gasteiger partial charge in [-0.1, -0.05) is 0 Å². The lowest BCUT2D eigenvalue weighted by Crippen LogP contribution is -2.24. The highest BCUT2D eigenvalue weighted by Gasteiger charge is 2.20. The molecule has 0 bridgehead atoms. The number of anilines is 2. The number of rotatable bonds is 3. The molecule has 0 saturated carbocycles. The third-order valence-corrected chi connectivity index (χ3v) is 3.40. The molecule has 92 valence electrons. The highest BCUT2D eigenvalue weighted by Crippen LogP contribution is 2.30. The minimum atomic E-state index is 0.260. The zero-order chi connectivity index (χ0) is 12.4. The van der Waals surface area contributed by atoms with Crippen LogP contribution < -0.4 is 10.2 Å². The van der Waals surface area contributed by atoms with Crippen molar-refractivity contribution < 1.29 is 4.79 Å². The van der Waals surface area contributed by atoms with Crippen LogP contribution in [-0.2, 0) is 0 Å². The summed E-state index contributed by atoms with van der Waals surface area (Å²) >= 11 is 0. The largest absolute Gasteiger partial charge is 0.384 e. The van der Waals surface area contributed by atoms with E-state index in [1.165, 1.54) is 0 Å². The summed E-state index contributed by atoms with van der Waals surface area (Å²) in [5.74, 6) is 0.260. The summed E-state index contributed by atoms with van der Waals surface area (Å²) in [4.78, 5) is 14.2. The molecule has 1 N–H and O–H groups in total. The number of carbonyl (C=O) groups excluding carboxylic acids is 1. The first kappa shape index (κ1) is 12.0. The van der Waals surface area contributed by atoms with Crippen LogP contribution in [0.2, 0.25) is 0 Å². The standard InChI is InChI=1S/C14H20N2O/c1-4-16(5-2)11-8-10(3)14-12(9-11)13(17)6-7-15-14/h8-9,15H,4-7H2,1-3H3. The average Bonchev–Trinajstić information content (AvgIpc) is 2.32. The summed E-state index contributed by atoms with van der Waals surface area (Å²) in [7, 11) is 0. The highest BCUT2D eigenvalue weighted by atomic mass is 16.1. The molecule has 3 heteroatoms. The molecule has 1 aliphatic heterocycles. The summed E-state index contributed by atoms with van der Waals surface area (Å²) in [5.41, 5.74) is 4.20. The maximum atomic E-state index is 11.9. The number of ketones is 1. The number of hydrogen-bond donors (Lipinski definition) is 1. The molecular formula is C14H20N2O. The lowest BCUT2D eigenvalue weighted by Gasteiger charge is -2.26. The van der Waals surface area contributed by atoms with Crippen molar-refractivity contribution in [3.05, 3.63) is 23.3 Å². The van der Waals surface area contributed by atoms with Crippen molar-refractivity contribution in [2.24, 2.45) is 0 Å². The Morgan fingerprint density at radius 3 is 2.65 bits per heavy atom. The van der Waals surface area contributed by atoms with Gasteiger partial charge < -0.3 is 10.2 Å². The quantitative estimate of drug-likeness (QED) is 0.869. The van der Waals surface area contributed by atoms with Crippen molar-refractivity contribution in [3.8, 4) is 0 Å². The fourth-order valence-electron chi connectivity index (χ4n) is 2.43. The van der Waals surface area contributed by atoms with Gasteiger partial charge in [0.1, 0.15) is 0 Å². The minimum absolute atomic E-state index is 0.260. The third kappa shape index (κ3) is 2.14. The number of aryl methyl sites for hydroxylation is 1. The van der Waals surface area contributed by atoms with Crippen molar-refractivity contribution in [2.75, 3.05) is 29.9 Å². The summed E-state index contributed by atoms with van der Waals surface area (Å²) in [6.07, 6.45) is 0.605. The average molecular weight is 232 g/mol. The van der Waals surface area contributed by atoms with Crippen molar-refractivity contribution in [2.45, 2.75) is 27.2 Å².